The van der Waals surface area contributed by atoms with Crippen LogP contribution in [-0.2, 0) is 45.2 Å². The summed E-state index contributed by atoms with van der Waals surface area (Å²) in [7, 11) is 1.97. The number of esters is 3. The highest BCUT2D eigenvalue weighted by molar-refractivity contribution is 5.88. The molecule has 1 fully saturated rings. The van der Waals surface area contributed by atoms with Crippen molar-refractivity contribution in [2.24, 2.45) is 5.92 Å². The molecule has 1 saturated heterocycles. The number of carboxylic acid groups (broad SMARTS) is 1. The van der Waals surface area contributed by atoms with E-state index >= 15 is 0 Å². The van der Waals surface area contributed by atoms with Gasteiger partial charge in [0.25, 0.3) is 0 Å². The van der Waals surface area contributed by atoms with Crippen molar-refractivity contribution in [2.45, 2.75) is 74.9 Å². The number of phenols is 1. The Morgan fingerprint density at radius 2 is 1.80 bits per heavy atom. The first-order valence-corrected chi connectivity index (χ1v) is 14.9. The Bertz CT molecular complexity index is 1590. The van der Waals surface area contributed by atoms with Gasteiger partial charge in [-0.05, 0) is 57.5 Å². The van der Waals surface area contributed by atoms with Gasteiger partial charge in [-0.15, -0.1) is 0 Å². The second kappa shape index (κ2) is 11.2. The van der Waals surface area contributed by atoms with Crippen LogP contribution in [0.15, 0.2) is 54.3 Å². The standard InChI is InChI=1S/C33H35NO11/c1-17(25(42-18(2)35)31(40)45-26(29(37)38)19-8-5-4-6-9-19)30(39)43-22-12-14-33(41)23-16-20-10-11-21(36)27-24(20)32(33,28(22)44-27)13-7-15-34(23)3/h4-6,8-12,17,23,25-26,28,36,41H,7,13-16H2,1-3H3,(H,37,38)/t17-,23-,25-,26-,28+,32+,33-/m1/s1. The minimum atomic E-state index is -1.82. The Hall–Kier alpha value is -4.42. The maximum atomic E-state index is 13.6. The van der Waals surface area contributed by atoms with Crippen LogP contribution >= 0.6 is 0 Å². The summed E-state index contributed by atoms with van der Waals surface area (Å²) in [6.45, 7) is 3.08. The molecule has 2 aliphatic carbocycles. The number of aliphatic hydroxyl groups is 1. The van der Waals surface area contributed by atoms with E-state index < -0.39 is 59.1 Å². The lowest BCUT2D eigenvalue weighted by atomic mass is 9.52. The second-order valence-corrected chi connectivity index (χ2v) is 12.3. The van der Waals surface area contributed by atoms with E-state index in [1.165, 1.54) is 19.1 Å². The second-order valence-electron chi connectivity index (χ2n) is 12.3. The van der Waals surface area contributed by atoms with Crippen molar-refractivity contribution in [2.75, 3.05) is 13.6 Å². The lowest BCUT2D eigenvalue weighted by molar-refractivity contribution is -0.183. The molecule has 2 bridgehead atoms. The molecule has 2 aliphatic heterocycles. The fourth-order valence-corrected chi connectivity index (χ4v) is 7.63. The first-order valence-electron chi connectivity index (χ1n) is 14.9. The maximum absolute atomic E-state index is 13.6. The monoisotopic (exact) mass is 621 g/mol. The molecular formula is C33H35NO11. The molecule has 238 valence electrons. The number of benzene rings is 2. The molecule has 2 heterocycles. The number of hydrogen-bond acceptors (Lipinski definition) is 11. The average molecular weight is 622 g/mol. The number of carboxylic acids is 1. The van der Waals surface area contributed by atoms with Crippen LogP contribution in [0.4, 0.5) is 0 Å². The summed E-state index contributed by atoms with van der Waals surface area (Å²) >= 11 is 0. The van der Waals surface area contributed by atoms with Crippen LogP contribution in [0.5, 0.6) is 11.5 Å². The number of carbonyl (C=O) groups excluding carboxylic acids is 3. The number of rotatable bonds is 8. The van der Waals surface area contributed by atoms with E-state index in [4.69, 9.17) is 18.9 Å². The highest BCUT2D eigenvalue weighted by Crippen LogP contribution is 2.65. The molecule has 2 aromatic rings. The quantitative estimate of drug-likeness (QED) is 0.291. The van der Waals surface area contributed by atoms with Crippen molar-refractivity contribution in [3.05, 3.63) is 71.0 Å². The number of aliphatic carboxylic acids is 1. The van der Waals surface area contributed by atoms with Crippen molar-refractivity contribution < 1.29 is 53.4 Å². The summed E-state index contributed by atoms with van der Waals surface area (Å²) in [5.41, 5.74) is -0.466. The molecule has 45 heavy (non-hydrogen) atoms. The number of phenolic OH excluding ortho intramolecular Hbond substituents is 1. The van der Waals surface area contributed by atoms with E-state index in [9.17, 15) is 34.5 Å². The van der Waals surface area contributed by atoms with Gasteiger partial charge in [-0.3, -0.25) is 9.59 Å². The Morgan fingerprint density at radius 3 is 2.49 bits per heavy atom. The predicted molar refractivity (Wildman–Crippen MR) is 155 cm³/mol. The number of ether oxygens (including phenoxy) is 4. The molecule has 1 spiro atoms. The SMILES string of the molecule is CC(=O)O[C@@H](C(=O)O[C@@H](C(=O)O)c1ccccc1)[C@@H](C)C(=O)OC1=CC[C@@]2(O)[C@H]3Cc4ccc(O)c5c4[C@@]2(CCCN3C)[C@H]1O5. The smallest absolute Gasteiger partial charge is 0.349 e. The van der Waals surface area contributed by atoms with Crippen LogP contribution in [0, 0.1) is 5.92 Å². The molecule has 0 unspecified atom stereocenters. The minimum absolute atomic E-state index is 0.0842. The van der Waals surface area contributed by atoms with Gasteiger partial charge in [0.15, 0.2) is 17.6 Å². The number of likely N-dealkylation sites (tertiary alicyclic amines) is 1. The third-order valence-electron chi connectivity index (χ3n) is 9.71. The topological polar surface area (TPSA) is 169 Å². The van der Waals surface area contributed by atoms with Crippen LogP contribution < -0.4 is 4.74 Å². The number of carbonyl (C=O) groups is 4. The van der Waals surface area contributed by atoms with Crippen LogP contribution in [0.3, 0.4) is 0 Å². The zero-order chi connectivity index (χ0) is 32.3. The lowest BCUT2D eigenvalue weighted by Crippen LogP contribution is -2.69. The Kier molecular flexibility index (Phi) is 7.60. The molecule has 0 amide bonds. The van der Waals surface area contributed by atoms with Crippen LogP contribution in [0.1, 0.15) is 55.9 Å². The van der Waals surface area contributed by atoms with Gasteiger partial charge >= 0.3 is 23.9 Å². The molecule has 7 atom stereocenters. The van der Waals surface area contributed by atoms with Gasteiger partial charge in [-0.25, -0.2) is 9.59 Å². The van der Waals surface area contributed by atoms with Gasteiger partial charge in [0, 0.05) is 30.5 Å². The van der Waals surface area contributed by atoms with Gasteiger partial charge in [-0.1, -0.05) is 36.4 Å². The van der Waals surface area contributed by atoms with Crippen LogP contribution in [-0.4, -0.2) is 81.5 Å². The van der Waals surface area contributed by atoms with Gasteiger partial charge < -0.3 is 39.2 Å². The fourth-order valence-electron chi connectivity index (χ4n) is 7.63. The van der Waals surface area contributed by atoms with E-state index in [-0.39, 0.29) is 35.3 Å². The molecule has 4 aliphatic rings. The number of hydrogen-bond donors (Lipinski definition) is 3. The molecule has 0 aromatic heterocycles. The first-order chi connectivity index (χ1) is 21.4. The summed E-state index contributed by atoms with van der Waals surface area (Å²) in [6, 6.07) is 10.9. The highest BCUT2D eigenvalue weighted by Gasteiger charge is 2.71. The molecular weight excluding hydrogens is 586 g/mol. The normalized spacial score (nSPS) is 28.2. The van der Waals surface area contributed by atoms with E-state index in [0.717, 1.165) is 24.6 Å². The summed E-state index contributed by atoms with van der Waals surface area (Å²) in [5, 5.41) is 33.0. The molecule has 2 aromatic carbocycles. The van der Waals surface area contributed by atoms with Gasteiger partial charge in [0.2, 0.25) is 12.2 Å². The van der Waals surface area contributed by atoms with Gasteiger partial charge in [0.1, 0.15) is 11.7 Å². The van der Waals surface area contributed by atoms with E-state index in [0.29, 0.717) is 19.3 Å². The first kappa shape index (κ1) is 30.6. The highest BCUT2D eigenvalue weighted by atomic mass is 16.6. The molecule has 0 radical (unpaired) electrons. The van der Waals surface area contributed by atoms with E-state index in [2.05, 4.69) is 4.90 Å². The zero-order valence-corrected chi connectivity index (χ0v) is 25.1. The molecule has 0 saturated carbocycles. The molecule has 12 nitrogen and oxygen atoms in total. The summed E-state index contributed by atoms with van der Waals surface area (Å²) in [6.07, 6.45) is -0.976. The Balaban J connectivity index is 1.29. The van der Waals surface area contributed by atoms with Crippen molar-refractivity contribution in [3.8, 4) is 11.5 Å². The van der Waals surface area contributed by atoms with Crippen molar-refractivity contribution in [3.63, 3.8) is 0 Å². The molecule has 3 N–H and O–H groups in total. The number of likely N-dealkylation sites (N-methyl/N-ethyl adjacent to an activating group) is 1. The van der Waals surface area contributed by atoms with E-state index in [1.54, 1.807) is 30.3 Å². The van der Waals surface area contributed by atoms with Gasteiger partial charge in [-0.2, -0.15) is 0 Å². The maximum Gasteiger partial charge on any atom is 0.349 e. The third kappa shape index (κ3) is 4.74. The lowest BCUT2D eigenvalue weighted by Gasteiger charge is -2.56. The Morgan fingerprint density at radius 1 is 1.07 bits per heavy atom. The summed E-state index contributed by atoms with van der Waals surface area (Å²) in [4.78, 5) is 52.9. The summed E-state index contributed by atoms with van der Waals surface area (Å²) < 4.78 is 22.6. The van der Waals surface area contributed by atoms with E-state index in [1.807, 2.05) is 13.1 Å². The third-order valence-corrected chi connectivity index (χ3v) is 9.71. The number of nitrogens with zero attached hydrogens (tertiary/aromatic N) is 1. The van der Waals surface area contributed by atoms with Crippen LogP contribution in [0.25, 0.3) is 0 Å². The summed E-state index contributed by atoms with van der Waals surface area (Å²) in [5.74, 6) is -5.69. The van der Waals surface area contributed by atoms with Crippen molar-refractivity contribution >= 4 is 23.9 Å². The number of aromatic hydroxyl groups is 1. The predicted octanol–water partition coefficient (Wildman–Crippen LogP) is 2.54. The van der Waals surface area contributed by atoms with Crippen molar-refractivity contribution in [1.82, 2.24) is 4.90 Å². The minimum Gasteiger partial charge on any atom is -0.504 e. The van der Waals surface area contributed by atoms with Crippen LogP contribution in [0.2, 0.25) is 0 Å². The largest absolute Gasteiger partial charge is 0.504 e. The average Bonchev–Trinajstić information content (AvgIpc) is 3.35. The van der Waals surface area contributed by atoms with Crippen molar-refractivity contribution in [1.29, 1.82) is 0 Å². The van der Waals surface area contributed by atoms with Gasteiger partial charge in [0.05, 0.1) is 11.0 Å². The fraction of sp³-hybridized carbons (Fsp3) is 0.455. The zero-order valence-electron chi connectivity index (χ0n) is 25.1. The Labute approximate surface area is 259 Å². The molecule has 12 heteroatoms. The molecule has 6 rings (SSSR count).